The minimum Gasteiger partial charge on any atom is -0.272 e. The zero-order valence-corrected chi connectivity index (χ0v) is 12.4. The number of hydrogen-bond acceptors (Lipinski definition) is 6. The van der Waals surface area contributed by atoms with Crippen molar-refractivity contribution in [1.82, 2.24) is 5.43 Å². The van der Waals surface area contributed by atoms with Crippen LogP contribution in [0.4, 0.5) is 5.69 Å². The Morgan fingerprint density at radius 3 is 2.76 bits per heavy atom. The zero-order chi connectivity index (χ0) is 15.1. The molecule has 0 bridgehead atoms. The number of non-ortho nitro benzene ring substituents is 1. The highest BCUT2D eigenvalue weighted by molar-refractivity contribution is 8.00. The molecular formula is C13H11N3O3S2. The van der Waals surface area contributed by atoms with Crippen LogP contribution in [0.3, 0.4) is 0 Å². The summed E-state index contributed by atoms with van der Waals surface area (Å²) in [6.45, 7) is 0. The molecule has 0 unspecified atom stereocenters. The second-order valence-corrected chi connectivity index (χ2v) is 5.72. The van der Waals surface area contributed by atoms with Crippen LogP contribution in [0, 0.1) is 10.1 Å². The van der Waals surface area contributed by atoms with Crippen LogP contribution in [0.25, 0.3) is 0 Å². The number of hydrogen-bond donors (Lipinski definition) is 1. The van der Waals surface area contributed by atoms with Gasteiger partial charge in [-0.15, -0.1) is 11.8 Å². The standard InChI is InChI=1S/C13H11N3O3S2/c17-13(15-14-7-10-5-6-20-8-10)9-21-12-3-1-11(2-4-12)16(18)19/h1-8H,9H2,(H,15,17)/b14-7+. The maximum absolute atomic E-state index is 11.6. The number of nitrogens with one attached hydrogen (secondary N) is 1. The molecule has 0 saturated heterocycles. The van der Waals surface area contributed by atoms with E-state index in [0.717, 1.165) is 10.5 Å². The van der Waals surface area contributed by atoms with E-state index in [1.807, 2.05) is 16.8 Å². The molecule has 1 N–H and O–H groups in total. The molecule has 0 spiro atoms. The number of rotatable bonds is 6. The molecule has 2 aromatic rings. The van der Waals surface area contributed by atoms with Crippen LogP contribution in [0.5, 0.6) is 0 Å². The Balaban J connectivity index is 1.77. The second kappa shape index (κ2) is 7.55. The molecule has 0 fully saturated rings. The van der Waals surface area contributed by atoms with Crippen LogP contribution in [0.2, 0.25) is 0 Å². The number of nitrogens with zero attached hydrogens (tertiary/aromatic N) is 2. The van der Waals surface area contributed by atoms with Crippen molar-refractivity contribution in [2.45, 2.75) is 4.90 Å². The van der Waals surface area contributed by atoms with E-state index in [-0.39, 0.29) is 17.3 Å². The molecule has 0 radical (unpaired) electrons. The fourth-order valence-electron chi connectivity index (χ4n) is 1.37. The molecule has 1 aromatic heterocycles. The van der Waals surface area contributed by atoms with Gasteiger partial charge in [0.05, 0.1) is 16.9 Å². The molecule has 1 heterocycles. The minimum atomic E-state index is -0.458. The van der Waals surface area contributed by atoms with Crippen LogP contribution in [-0.2, 0) is 4.79 Å². The molecule has 1 aromatic carbocycles. The van der Waals surface area contributed by atoms with Crippen molar-refractivity contribution in [2.24, 2.45) is 5.10 Å². The normalized spacial score (nSPS) is 10.7. The molecule has 1 amide bonds. The number of amides is 1. The number of hydrazone groups is 1. The Labute approximate surface area is 129 Å². The average Bonchev–Trinajstić information content (AvgIpc) is 2.99. The second-order valence-electron chi connectivity index (χ2n) is 3.89. The number of thioether (sulfide) groups is 1. The van der Waals surface area contributed by atoms with E-state index in [4.69, 9.17) is 0 Å². The lowest BCUT2D eigenvalue weighted by Crippen LogP contribution is -2.19. The first-order chi connectivity index (χ1) is 10.1. The van der Waals surface area contributed by atoms with Crippen molar-refractivity contribution in [3.05, 3.63) is 56.8 Å². The van der Waals surface area contributed by atoms with E-state index < -0.39 is 4.92 Å². The van der Waals surface area contributed by atoms with E-state index in [1.165, 1.54) is 23.9 Å². The lowest BCUT2D eigenvalue weighted by Gasteiger charge is -2.00. The van der Waals surface area contributed by atoms with Gasteiger partial charge in [-0.25, -0.2) is 5.43 Å². The summed E-state index contributed by atoms with van der Waals surface area (Å²) in [4.78, 5) is 22.4. The van der Waals surface area contributed by atoms with E-state index >= 15 is 0 Å². The highest BCUT2D eigenvalue weighted by atomic mass is 32.2. The largest absolute Gasteiger partial charge is 0.272 e. The zero-order valence-electron chi connectivity index (χ0n) is 10.8. The van der Waals surface area contributed by atoms with Gasteiger partial charge in [0.2, 0.25) is 5.91 Å². The summed E-state index contributed by atoms with van der Waals surface area (Å²) in [5.41, 5.74) is 3.39. The molecule has 0 aliphatic rings. The van der Waals surface area contributed by atoms with Crippen molar-refractivity contribution in [2.75, 3.05) is 5.75 Å². The van der Waals surface area contributed by atoms with E-state index in [9.17, 15) is 14.9 Å². The maximum atomic E-state index is 11.6. The SMILES string of the molecule is O=C(CSc1ccc([N+](=O)[O-])cc1)N/N=C/c1ccsc1. The van der Waals surface area contributed by atoms with Crippen LogP contribution >= 0.6 is 23.1 Å². The molecule has 0 atom stereocenters. The van der Waals surface area contributed by atoms with Crippen molar-refractivity contribution < 1.29 is 9.72 Å². The molecule has 0 saturated carbocycles. The number of carbonyl (C=O) groups excluding carboxylic acids is 1. The van der Waals surface area contributed by atoms with Gasteiger partial charge < -0.3 is 0 Å². The third-order valence-electron chi connectivity index (χ3n) is 2.36. The lowest BCUT2D eigenvalue weighted by atomic mass is 10.3. The van der Waals surface area contributed by atoms with Gasteiger partial charge in [-0.2, -0.15) is 16.4 Å². The highest BCUT2D eigenvalue weighted by Crippen LogP contribution is 2.20. The van der Waals surface area contributed by atoms with Gasteiger partial charge in [0.15, 0.2) is 0 Å². The molecular weight excluding hydrogens is 310 g/mol. The van der Waals surface area contributed by atoms with Crippen molar-refractivity contribution in [3.8, 4) is 0 Å². The van der Waals surface area contributed by atoms with E-state index in [2.05, 4.69) is 10.5 Å². The highest BCUT2D eigenvalue weighted by Gasteiger charge is 2.06. The van der Waals surface area contributed by atoms with Crippen molar-refractivity contribution >= 4 is 40.9 Å². The molecule has 2 rings (SSSR count). The van der Waals surface area contributed by atoms with Gasteiger partial charge in [-0.3, -0.25) is 14.9 Å². The van der Waals surface area contributed by atoms with Crippen LogP contribution in [0.1, 0.15) is 5.56 Å². The molecule has 108 valence electrons. The van der Waals surface area contributed by atoms with Gasteiger partial charge >= 0.3 is 0 Å². The van der Waals surface area contributed by atoms with Crippen LogP contribution in [0.15, 0.2) is 51.1 Å². The number of carbonyl (C=O) groups is 1. The smallest absolute Gasteiger partial charge is 0.269 e. The Morgan fingerprint density at radius 1 is 1.38 bits per heavy atom. The van der Waals surface area contributed by atoms with Crippen molar-refractivity contribution in [1.29, 1.82) is 0 Å². The quantitative estimate of drug-likeness (QED) is 0.384. The number of nitro groups is 1. The molecule has 0 aliphatic carbocycles. The third-order valence-corrected chi connectivity index (χ3v) is 4.08. The molecule has 8 heteroatoms. The number of nitro benzene ring substituents is 1. The summed E-state index contributed by atoms with van der Waals surface area (Å²) < 4.78 is 0. The third kappa shape index (κ3) is 5.01. The fourth-order valence-corrected chi connectivity index (χ4v) is 2.67. The predicted molar refractivity (Wildman–Crippen MR) is 83.9 cm³/mol. The van der Waals surface area contributed by atoms with Crippen molar-refractivity contribution in [3.63, 3.8) is 0 Å². The summed E-state index contributed by atoms with van der Waals surface area (Å²) >= 11 is 2.84. The van der Waals surface area contributed by atoms with Gasteiger partial charge in [-0.05, 0) is 29.0 Å². The van der Waals surface area contributed by atoms with Crippen LogP contribution < -0.4 is 5.43 Å². The average molecular weight is 321 g/mol. The van der Waals surface area contributed by atoms with Gasteiger partial charge in [0, 0.05) is 22.6 Å². The molecule has 6 nitrogen and oxygen atoms in total. The fraction of sp³-hybridized carbons (Fsp3) is 0.0769. The monoisotopic (exact) mass is 321 g/mol. The molecule has 0 aliphatic heterocycles. The number of thiophene rings is 1. The molecule has 21 heavy (non-hydrogen) atoms. The van der Waals surface area contributed by atoms with Gasteiger partial charge in [-0.1, -0.05) is 0 Å². The topological polar surface area (TPSA) is 84.6 Å². The minimum absolute atomic E-state index is 0.0316. The Bertz CT molecular complexity index is 639. The summed E-state index contributed by atoms with van der Waals surface area (Å²) in [6.07, 6.45) is 1.57. The first kappa shape index (κ1) is 15.2. The predicted octanol–water partition coefficient (Wildman–Crippen LogP) is 2.90. The first-order valence-corrected chi connectivity index (χ1v) is 7.79. The summed E-state index contributed by atoms with van der Waals surface area (Å²) in [5, 5.41) is 18.2. The Kier molecular flexibility index (Phi) is 5.47. The van der Waals surface area contributed by atoms with E-state index in [1.54, 1.807) is 29.7 Å². The van der Waals surface area contributed by atoms with Gasteiger partial charge in [0.1, 0.15) is 0 Å². The summed E-state index contributed by atoms with van der Waals surface area (Å²) in [7, 11) is 0. The number of benzene rings is 1. The maximum Gasteiger partial charge on any atom is 0.269 e. The Morgan fingerprint density at radius 2 is 2.14 bits per heavy atom. The van der Waals surface area contributed by atoms with Crippen LogP contribution in [-0.4, -0.2) is 22.8 Å². The summed E-state index contributed by atoms with van der Waals surface area (Å²) in [5.74, 6) is -0.0384. The Hall–Kier alpha value is -2.19. The summed E-state index contributed by atoms with van der Waals surface area (Å²) in [6, 6.07) is 7.95. The first-order valence-electron chi connectivity index (χ1n) is 5.86. The lowest BCUT2D eigenvalue weighted by molar-refractivity contribution is -0.384. The van der Waals surface area contributed by atoms with Gasteiger partial charge in [0.25, 0.3) is 5.69 Å². The van der Waals surface area contributed by atoms with E-state index in [0.29, 0.717) is 0 Å².